The normalized spacial score (nSPS) is 10.5. The number of carboxylic acids is 1. The second-order valence-electron chi connectivity index (χ2n) is 3.19. The average Bonchev–Trinajstić information content (AvgIpc) is 2.16. The van der Waals surface area contributed by atoms with Gasteiger partial charge in [0.2, 0.25) is 0 Å². The minimum Gasteiger partial charge on any atom is -0.481 e. The number of carboxylic acid groups (broad SMARTS) is 1. The van der Waals surface area contributed by atoms with Crippen LogP contribution in [0.2, 0.25) is 0 Å². The molecule has 15 heavy (non-hydrogen) atoms. The third kappa shape index (κ3) is 1.93. The molecule has 0 bridgehead atoms. The van der Waals surface area contributed by atoms with Crippen LogP contribution in [0, 0.1) is 5.82 Å². The first-order valence-electron chi connectivity index (χ1n) is 4.42. The summed E-state index contributed by atoms with van der Waals surface area (Å²) in [5.74, 6) is -1.28. The number of aliphatic carboxylic acids is 1. The van der Waals surface area contributed by atoms with Gasteiger partial charge in [-0.05, 0) is 29.7 Å². The van der Waals surface area contributed by atoms with Crippen molar-refractivity contribution in [2.45, 2.75) is 6.42 Å². The van der Waals surface area contributed by atoms with Gasteiger partial charge in [0, 0.05) is 11.6 Å². The number of benzene rings is 1. The van der Waals surface area contributed by atoms with Gasteiger partial charge < -0.3 is 5.11 Å². The molecule has 2 rings (SSSR count). The summed E-state index contributed by atoms with van der Waals surface area (Å²) in [6.45, 7) is 0. The predicted octanol–water partition coefficient (Wildman–Crippen LogP) is 2.00. The molecule has 0 aliphatic heterocycles. The Labute approximate surface area is 85.2 Å². The van der Waals surface area contributed by atoms with Crippen LogP contribution < -0.4 is 0 Å². The molecule has 0 aliphatic rings. The highest BCUT2D eigenvalue weighted by Crippen LogP contribution is 2.18. The van der Waals surface area contributed by atoms with Crippen LogP contribution >= 0.6 is 0 Å². The molecule has 0 fully saturated rings. The van der Waals surface area contributed by atoms with Crippen molar-refractivity contribution >= 4 is 16.7 Å². The maximum absolute atomic E-state index is 12.9. The summed E-state index contributed by atoms with van der Waals surface area (Å²) in [5.41, 5.74) is 0.458. The molecule has 0 amide bonds. The fourth-order valence-corrected chi connectivity index (χ4v) is 1.50. The van der Waals surface area contributed by atoms with Crippen LogP contribution in [0.25, 0.3) is 10.8 Å². The molecule has 1 aromatic heterocycles. The fourth-order valence-electron chi connectivity index (χ4n) is 1.50. The number of nitrogens with zero attached hydrogens (tertiary/aromatic N) is 1. The number of hydrogen-bond acceptors (Lipinski definition) is 2. The van der Waals surface area contributed by atoms with E-state index in [1.807, 2.05) is 0 Å². The predicted molar refractivity (Wildman–Crippen MR) is 53.0 cm³/mol. The number of carbonyl (C=O) groups is 1. The molecule has 0 saturated carbocycles. The highest BCUT2D eigenvalue weighted by molar-refractivity contribution is 5.87. The SMILES string of the molecule is O=C(O)Cc1nccc2cc(F)ccc12. The smallest absolute Gasteiger partial charge is 0.309 e. The van der Waals surface area contributed by atoms with Crippen molar-refractivity contribution < 1.29 is 14.3 Å². The van der Waals surface area contributed by atoms with E-state index in [-0.39, 0.29) is 12.2 Å². The number of fused-ring (bicyclic) bond motifs is 1. The Bertz CT molecular complexity index is 525. The van der Waals surface area contributed by atoms with E-state index in [1.165, 1.54) is 18.3 Å². The van der Waals surface area contributed by atoms with E-state index < -0.39 is 5.97 Å². The maximum atomic E-state index is 12.9. The van der Waals surface area contributed by atoms with Crippen LogP contribution in [0.1, 0.15) is 5.69 Å². The summed E-state index contributed by atoms with van der Waals surface area (Å²) in [6, 6.07) is 5.87. The lowest BCUT2D eigenvalue weighted by Gasteiger charge is -2.02. The molecule has 4 heteroatoms. The summed E-state index contributed by atoms with van der Waals surface area (Å²) in [6.07, 6.45) is 1.34. The lowest BCUT2D eigenvalue weighted by molar-refractivity contribution is -0.136. The quantitative estimate of drug-likeness (QED) is 0.815. The Morgan fingerprint density at radius 2 is 2.20 bits per heavy atom. The summed E-state index contributed by atoms with van der Waals surface area (Å²) >= 11 is 0. The Kier molecular flexibility index (Phi) is 2.33. The van der Waals surface area contributed by atoms with E-state index in [2.05, 4.69) is 4.98 Å². The summed E-state index contributed by atoms with van der Waals surface area (Å²) in [4.78, 5) is 14.5. The Balaban J connectivity index is 2.60. The van der Waals surface area contributed by atoms with Crippen molar-refractivity contribution in [2.75, 3.05) is 0 Å². The lowest BCUT2D eigenvalue weighted by atomic mass is 10.1. The zero-order valence-corrected chi connectivity index (χ0v) is 7.77. The zero-order chi connectivity index (χ0) is 10.8. The third-order valence-electron chi connectivity index (χ3n) is 2.13. The van der Waals surface area contributed by atoms with Crippen LogP contribution in [0.4, 0.5) is 4.39 Å². The molecule has 0 atom stereocenters. The van der Waals surface area contributed by atoms with Crippen LogP contribution in [-0.2, 0) is 11.2 Å². The zero-order valence-electron chi connectivity index (χ0n) is 7.77. The van der Waals surface area contributed by atoms with E-state index >= 15 is 0 Å². The molecule has 76 valence electrons. The number of halogens is 1. The van der Waals surface area contributed by atoms with Gasteiger partial charge in [-0.15, -0.1) is 0 Å². The van der Waals surface area contributed by atoms with Gasteiger partial charge in [0.15, 0.2) is 0 Å². The molecule has 2 aromatic rings. The Hall–Kier alpha value is -1.97. The minimum absolute atomic E-state index is 0.150. The van der Waals surface area contributed by atoms with Crippen molar-refractivity contribution in [1.29, 1.82) is 0 Å². The number of pyridine rings is 1. The van der Waals surface area contributed by atoms with Crippen LogP contribution in [0.3, 0.4) is 0 Å². The van der Waals surface area contributed by atoms with Gasteiger partial charge in [0.1, 0.15) is 5.82 Å². The molecule has 0 radical (unpaired) electrons. The van der Waals surface area contributed by atoms with Crippen molar-refractivity contribution in [3.05, 3.63) is 42.0 Å². The van der Waals surface area contributed by atoms with Crippen LogP contribution in [-0.4, -0.2) is 16.1 Å². The summed E-state index contributed by atoms with van der Waals surface area (Å²) in [7, 11) is 0. The minimum atomic E-state index is -0.945. The first-order chi connectivity index (χ1) is 7.16. The lowest BCUT2D eigenvalue weighted by Crippen LogP contribution is -2.02. The van der Waals surface area contributed by atoms with Crippen molar-refractivity contribution in [1.82, 2.24) is 4.98 Å². The highest BCUT2D eigenvalue weighted by Gasteiger charge is 2.06. The fraction of sp³-hybridized carbons (Fsp3) is 0.0909. The van der Waals surface area contributed by atoms with Crippen LogP contribution in [0.5, 0.6) is 0 Å². The highest BCUT2D eigenvalue weighted by atomic mass is 19.1. The number of hydrogen-bond donors (Lipinski definition) is 1. The topological polar surface area (TPSA) is 50.2 Å². The molecule has 0 saturated heterocycles. The van der Waals surface area contributed by atoms with Gasteiger partial charge >= 0.3 is 5.97 Å². The largest absolute Gasteiger partial charge is 0.481 e. The van der Waals surface area contributed by atoms with Crippen LogP contribution in [0.15, 0.2) is 30.5 Å². The van der Waals surface area contributed by atoms with Gasteiger partial charge in [-0.1, -0.05) is 0 Å². The molecule has 1 heterocycles. The molecule has 0 unspecified atom stereocenters. The van der Waals surface area contributed by atoms with E-state index in [4.69, 9.17) is 5.11 Å². The van der Waals surface area contributed by atoms with Crippen molar-refractivity contribution in [2.24, 2.45) is 0 Å². The molecule has 1 N–H and O–H groups in total. The second kappa shape index (κ2) is 3.65. The second-order valence-corrected chi connectivity index (χ2v) is 3.19. The van der Waals surface area contributed by atoms with E-state index in [1.54, 1.807) is 12.1 Å². The van der Waals surface area contributed by atoms with Gasteiger partial charge in [-0.3, -0.25) is 9.78 Å². The molecule has 3 nitrogen and oxygen atoms in total. The third-order valence-corrected chi connectivity index (χ3v) is 2.13. The molecular formula is C11H8FNO2. The summed E-state index contributed by atoms with van der Waals surface area (Å²) in [5, 5.41) is 10.0. The molecule has 1 aromatic carbocycles. The monoisotopic (exact) mass is 205 g/mol. The molecule has 0 spiro atoms. The Morgan fingerprint density at radius 1 is 1.40 bits per heavy atom. The van der Waals surface area contributed by atoms with Crippen molar-refractivity contribution in [3.63, 3.8) is 0 Å². The van der Waals surface area contributed by atoms with E-state index in [0.29, 0.717) is 16.5 Å². The van der Waals surface area contributed by atoms with Gasteiger partial charge in [-0.25, -0.2) is 4.39 Å². The molecular weight excluding hydrogens is 197 g/mol. The van der Waals surface area contributed by atoms with E-state index in [9.17, 15) is 9.18 Å². The van der Waals surface area contributed by atoms with Crippen molar-refractivity contribution in [3.8, 4) is 0 Å². The summed E-state index contributed by atoms with van der Waals surface area (Å²) < 4.78 is 12.9. The van der Waals surface area contributed by atoms with Gasteiger partial charge in [-0.2, -0.15) is 0 Å². The van der Waals surface area contributed by atoms with Gasteiger partial charge in [0.25, 0.3) is 0 Å². The van der Waals surface area contributed by atoms with Gasteiger partial charge in [0.05, 0.1) is 12.1 Å². The molecule has 0 aliphatic carbocycles. The standard InChI is InChI=1S/C11H8FNO2/c12-8-1-2-9-7(5-8)3-4-13-10(9)6-11(14)15/h1-5H,6H2,(H,14,15). The average molecular weight is 205 g/mol. The van der Waals surface area contributed by atoms with E-state index in [0.717, 1.165) is 0 Å². The number of rotatable bonds is 2. The first-order valence-corrected chi connectivity index (χ1v) is 4.42. The maximum Gasteiger partial charge on any atom is 0.309 e. The first kappa shape index (κ1) is 9.58. The Morgan fingerprint density at radius 3 is 2.93 bits per heavy atom. The number of aromatic nitrogens is 1.